The fourth-order valence-electron chi connectivity index (χ4n) is 2.32. The second kappa shape index (κ2) is 12.9. The molecule has 138 valence electrons. The number of aliphatic hydroxyl groups is 1. The van der Waals surface area contributed by atoms with Crippen LogP contribution in [0.4, 0.5) is 0 Å². The van der Waals surface area contributed by atoms with Gasteiger partial charge in [0.2, 0.25) is 0 Å². The van der Waals surface area contributed by atoms with Gasteiger partial charge in [-0.05, 0) is 25.7 Å². The summed E-state index contributed by atoms with van der Waals surface area (Å²) >= 11 is 0. The first-order chi connectivity index (χ1) is 11.6. The van der Waals surface area contributed by atoms with Crippen LogP contribution in [0.2, 0.25) is 0 Å². The average Bonchev–Trinajstić information content (AvgIpc) is 2.58. The number of ether oxygens (including phenoxy) is 4. The van der Waals surface area contributed by atoms with Crippen LogP contribution in [0.1, 0.15) is 38.5 Å². The normalized spacial score (nSPS) is 15.0. The van der Waals surface area contributed by atoms with Gasteiger partial charge in [-0.15, -0.1) is 0 Å². The summed E-state index contributed by atoms with van der Waals surface area (Å²) in [6, 6.07) is 0. The van der Waals surface area contributed by atoms with Gasteiger partial charge in [-0.25, -0.2) is 4.79 Å². The molecule has 1 fully saturated rings. The van der Waals surface area contributed by atoms with Crippen LogP contribution in [0.15, 0.2) is 12.2 Å². The lowest BCUT2D eigenvalue weighted by molar-refractivity contribution is -0.150. The third-order valence-corrected chi connectivity index (χ3v) is 3.57. The van der Waals surface area contributed by atoms with E-state index in [1.54, 1.807) is 0 Å². The van der Waals surface area contributed by atoms with E-state index < -0.39 is 11.9 Å². The lowest BCUT2D eigenvalue weighted by Gasteiger charge is -2.22. The van der Waals surface area contributed by atoms with Gasteiger partial charge in [-0.2, -0.15) is 0 Å². The molecule has 1 rings (SSSR count). The first-order valence-corrected chi connectivity index (χ1v) is 8.44. The summed E-state index contributed by atoms with van der Waals surface area (Å²) in [5.74, 6) is -1.04. The van der Waals surface area contributed by atoms with Crippen molar-refractivity contribution in [2.24, 2.45) is 0 Å². The van der Waals surface area contributed by atoms with Crippen LogP contribution in [0, 0.1) is 0 Å². The van der Waals surface area contributed by atoms with Crippen molar-refractivity contribution in [2.75, 3.05) is 39.6 Å². The van der Waals surface area contributed by atoms with Crippen LogP contribution in [-0.2, 0) is 28.5 Å². The molecule has 1 aliphatic rings. The highest BCUT2D eigenvalue weighted by molar-refractivity contribution is 5.93. The molecule has 0 saturated heterocycles. The average molecular weight is 344 g/mol. The first-order valence-electron chi connectivity index (χ1n) is 8.44. The molecule has 1 N–H and O–H groups in total. The van der Waals surface area contributed by atoms with E-state index in [0.29, 0.717) is 13.2 Å². The Labute approximate surface area is 142 Å². The van der Waals surface area contributed by atoms with Crippen LogP contribution in [0.25, 0.3) is 0 Å². The molecule has 0 spiro atoms. The summed E-state index contributed by atoms with van der Waals surface area (Å²) < 4.78 is 20.5. The van der Waals surface area contributed by atoms with E-state index >= 15 is 0 Å². The van der Waals surface area contributed by atoms with Gasteiger partial charge >= 0.3 is 11.9 Å². The van der Waals surface area contributed by atoms with Gasteiger partial charge in [-0.3, -0.25) is 4.79 Å². The molecular formula is C17H28O7. The van der Waals surface area contributed by atoms with Crippen molar-refractivity contribution in [1.82, 2.24) is 0 Å². The SMILES string of the molecule is C=C(CC(=O)OCCOCCOCCO)C(=O)OC1CCCCC1. The van der Waals surface area contributed by atoms with Gasteiger partial charge in [0, 0.05) is 5.57 Å². The number of carbonyl (C=O) groups is 2. The van der Waals surface area contributed by atoms with Gasteiger partial charge < -0.3 is 24.1 Å². The minimum absolute atomic E-state index is 0.0231. The Kier molecular flexibility index (Phi) is 11.1. The molecule has 7 nitrogen and oxygen atoms in total. The van der Waals surface area contributed by atoms with E-state index in [1.165, 1.54) is 6.42 Å². The smallest absolute Gasteiger partial charge is 0.334 e. The fraction of sp³-hybridized carbons (Fsp3) is 0.765. The molecule has 24 heavy (non-hydrogen) atoms. The monoisotopic (exact) mass is 344 g/mol. The largest absolute Gasteiger partial charge is 0.463 e. The zero-order chi connectivity index (χ0) is 17.6. The van der Waals surface area contributed by atoms with Crippen LogP contribution in [0.5, 0.6) is 0 Å². The Hall–Kier alpha value is -1.44. The summed E-state index contributed by atoms with van der Waals surface area (Å²) in [6.07, 6.45) is 4.84. The second-order valence-electron chi connectivity index (χ2n) is 5.61. The molecule has 7 heteroatoms. The van der Waals surface area contributed by atoms with Crippen molar-refractivity contribution in [3.8, 4) is 0 Å². The Bertz CT molecular complexity index is 388. The quantitative estimate of drug-likeness (QED) is 0.325. The zero-order valence-corrected chi connectivity index (χ0v) is 14.2. The van der Waals surface area contributed by atoms with E-state index in [4.69, 9.17) is 24.1 Å². The van der Waals surface area contributed by atoms with Gasteiger partial charge in [0.15, 0.2) is 0 Å². The zero-order valence-electron chi connectivity index (χ0n) is 14.2. The van der Waals surface area contributed by atoms with Crippen molar-refractivity contribution in [3.05, 3.63) is 12.2 Å². The summed E-state index contributed by atoms with van der Waals surface area (Å²) in [5.41, 5.74) is 0.115. The Morgan fingerprint density at radius 3 is 2.25 bits per heavy atom. The van der Waals surface area contributed by atoms with Crippen LogP contribution in [-0.4, -0.2) is 62.8 Å². The molecular weight excluding hydrogens is 316 g/mol. The lowest BCUT2D eigenvalue weighted by atomic mass is 9.98. The van der Waals surface area contributed by atoms with Gasteiger partial charge in [0.1, 0.15) is 12.7 Å². The first kappa shape index (κ1) is 20.6. The predicted molar refractivity (Wildman–Crippen MR) is 86.4 cm³/mol. The molecule has 0 radical (unpaired) electrons. The highest BCUT2D eigenvalue weighted by Crippen LogP contribution is 2.21. The highest BCUT2D eigenvalue weighted by atomic mass is 16.6. The van der Waals surface area contributed by atoms with Gasteiger partial charge in [0.05, 0.1) is 39.5 Å². The number of hydrogen-bond donors (Lipinski definition) is 1. The van der Waals surface area contributed by atoms with E-state index in [9.17, 15) is 9.59 Å². The minimum Gasteiger partial charge on any atom is -0.463 e. The van der Waals surface area contributed by atoms with Crippen molar-refractivity contribution < 1.29 is 33.6 Å². The van der Waals surface area contributed by atoms with E-state index in [2.05, 4.69) is 6.58 Å². The molecule has 1 saturated carbocycles. The maximum Gasteiger partial charge on any atom is 0.334 e. The van der Waals surface area contributed by atoms with Gasteiger partial charge in [0.25, 0.3) is 0 Å². The molecule has 0 aromatic rings. The van der Waals surface area contributed by atoms with Gasteiger partial charge in [-0.1, -0.05) is 13.0 Å². The summed E-state index contributed by atoms with van der Waals surface area (Å²) in [7, 11) is 0. The summed E-state index contributed by atoms with van der Waals surface area (Å²) in [5, 5.41) is 8.51. The van der Waals surface area contributed by atoms with Crippen molar-refractivity contribution >= 4 is 11.9 Å². The highest BCUT2D eigenvalue weighted by Gasteiger charge is 2.20. The Balaban J connectivity index is 2.04. The minimum atomic E-state index is -0.527. The maximum atomic E-state index is 11.9. The Morgan fingerprint density at radius 1 is 0.958 bits per heavy atom. The molecule has 0 unspecified atom stereocenters. The number of hydrogen-bond acceptors (Lipinski definition) is 7. The van der Waals surface area contributed by atoms with E-state index in [0.717, 1.165) is 25.7 Å². The second-order valence-corrected chi connectivity index (χ2v) is 5.61. The molecule has 0 atom stereocenters. The van der Waals surface area contributed by atoms with Crippen LogP contribution in [0.3, 0.4) is 0 Å². The lowest BCUT2D eigenvalue weighted by Crippen LogP contribution is -2.23. The molecule has 0 aliphatic heterocycles. The van der Waals surface area contributed by atoms with Crippen LogP contribution < -0.4 is 0 Å². The molecule has 0 aromatic heterocycles. The third-order valence-electron chi connectivity index (χ3n) is 3.57. The van der Waals surface area contributed by atoms with E-state index in [-0.39, 0.29) is 44.5 Å². The Morgan fingerprint density at radius 2 is 1.58 bits per heavy atom. The van der Waals surface area contributed by atoms with E-state index in [1.807, 2.05) is 0 Å². The van der Waals surface area contributed by atoms with Crippen molar-refractivity contribution in [3.63, 3.8) is 0 Å². The summed E-state index contributed by atoms with van der Waals surface area (Å²) in [6.45, 7) is 4.93. The number of esters is 2. The third kappa shape index (κ3) is 9.64. The van der Waals surface area contributed by atoms with Crippen LogP contribution >= 0.6 is 0 Å². The molecule has 0 amide bonds. The fourth-order valence-corrected chi connectivity index (χ4v) is 2.32. The standard InChI is InChI=1S/C17H28O7/c1-14(17(20)24-15-5-3-2-4-6-15)13-16(19)23-12-11-22-10-9-21-8-7-18/h15,18H,1-13H2. The molecule has 0 heterocycles. The van der Waals surface area contributed by atoms with Crippen molar-refractivity contribution in [2.45, 2.75) is 44.6 Å². The number of carbonyl (C=O) groups excluding carboxylic acids is 2. The topological polar surface area (TPSA) is 91.3 Å². The summed E-state index contributed by atoms with van der Waals surface area (Å²) in [4.78, 5) is 23.5. The van der Waals surface area contributed by atoms with Crippen molar-refractivity contribution in [1.29, 1.82) is 0 Å². The molecule has 1 aliphatic carbocycles. The molecule has 0 bridgehead atoms. The number of aliphatic hydroxyl groups excluding tert-OH is 1. The molecule has 0 aromatic carbocycles. The number of rotatable bonds is 12. The predicted octanol–water partition coefficient (Wildman–Crippen LogP) is 1.38. The maximum absolute atomic E-state index is 11.9.